The number of aldehydes is 1. The van der Waals surface area contributed by atoms with Gasteiger partial charge in [0, 0.05) is 26.7 Å². The van der Waals surface area contributed by atoms with E-state index in [1.807, 2.05) is 14.0 Å². The SMILES string of the molecule is Cc1nn(C)c(N2CCC(CCO)C2)c1C=O. The molecule has 0 aromatic carbocycles. The first-order chi connectivity index (χ1) is 8.17. The Morgan fingerprint density at radius 2 is 2.35 bits per heavy atom. The van der Waals surface area contributed by atoms with Crippen molar-refractivity contribution >= 4 is 12.1 Å². The van der Waals surface area contributed by atoms with Crippen molar-refractivity contribution < 1.29 is 9.90 Å². The maximum absolute atomic E-state index is 11.1. The van der Waals surface area contributed by atoms with Crippen molar-refractivity contribution in [2.45, 2.75) is 19.8 Å². The topological polar surface area (TPSA) is 58.4 Å². The van der Waals surface area contributed by atoms with Crippen LogP contribution in [0.2, 0.25) is 0 Å². The number of aromatic nitrogens is 2. The molecule has 94 valence electrons. The summed E-state index contributed by atoms with van der Waals surface area (Å²) in [6.45, 7) is 3.93. The molecule has 5 nitrogen and oxygen atoms in total. The second-order valence-corrected chi connectivity index (χ2v) is 4.68. The van der Waals surface area contributed by atoms with Crippen molar-refractivity contribution in [3.8, 4) is 0 Å². The first-order valence-electron chi connectivity index (χ1n) is 6.02. The second-order valence-electron chi connectivity index (χ2n) is 4.68. The molecule has 0 aliphatic carbocycles. The molecule has 2 rings (SSSR count). The number of carbonyl (C=O) groups excluding carboxylic acids is 1. The van der Waals surface area contributed by atoms with Gasteiger partial charge >= 0.3 is 0 Å². The highest BCUT2D eigenvalue weighted by atomic mass is 16.3. The summed E-state index contributed by atoms with van der Waals surface area (Å²) in [5.41, 5.74) is 1.47. The van der Waals surface area contributed by atoms with E-state index >= 15 is 0 Å². The normalized spacial score (nSPS) is 19.9. The van der Waals surface area contributed by atoms with Crippen LogP contribution in [0.5, 0.6) is 0 Å². The van der Waals surface area contributed by atoms with Gasteiger partial charge in [-0.15, -0.1) is 0 Å². The van der Waals surface area contributed by atoms with Crippen LogP contribution in [0, 0.1) is 12.8 Å². The van der Waals surface area contributed by atoms with Gasteiger partial charge in [-0.3, -0.25) is 9.48 Å². The molecule has 0 amide bonds. The third-order valence-electron chi connectivity index (χ3n) is 3.48. The summed E-state index contributed by atoms with van der Waals surface area (Å²) in [6, 6.07) is 0. The standard InChI is InChI=1S/C12H19N3O2/c1-9-11(8-17)12(14(2)13-9)15-5-3-10(7-15)4-6-16/h8,10,16H,3-7H2,1-2H3. The van der Waals surface area contributed by atoms with Crippen molar-refractivity contribution in [2.75, 3.05) is 24.6 Å². The van der Waals surface area contributed by atoms with Crippen LogP contribution in [0.15, 0.2) is 0 Å². The Bertz CT molecular complexity index is 414. The maximum Gasteiger partial charge on any atom is 0.155 e. The lowest BCUT2D eigenvalue weighted by Crippen LogP contribution is -2.23. The quantitative estimate of drug-likeness (QED) is 0.785. The van der Waals surface area contributed by atoms with Crippen LogP contribution in [-0.4, -0.2) is 40.9 Å². The zero-order valence-electron chi connectivity index (χ0n) is 10.4. The van der Waals surface area contributed by atoms with Gasteiger partial charge in [0.05, 0.1) is 11.3 Å². The molecule has 1 N–H and O–H groups in total. The lowest BCUT2D eigenvalue weighted by Gasteiger charge is -2.19. The summed E-state index contributed by atoms with van der Waals surface area (Å²) in [6.07, 6.45) is 2.80. The van der Waals surface area contributed by atoms with E-state index < -0.39 is 0 Å². The molecule has 1 aromatic rings. The molecular formula is C12H19N3O2. The number of anilines is 1. The van der Waals surface area contributed by atoms with E-state index in [2.05, 4.69) is 10.00 Å². The van der Waals surface area contributed by atoms with E-state index in [0.29, 0.717) is 11.5 Å². The number of hydrogen-bond donors (Lipinski definition) is 1. The first kappa shape index (κ1) is 12.1. The van der Waals surface area contributed by atoms with Crippen molar-refractivity contribution in [3.05, 3.63) is 11.3 Å². The van der Waals surface area contributed by atoms with Gasteiger partial charge in [0.2, 0.25) is 0 Å². The van der Waals surface area contributed by atoms with E-state index in [4.69, 9.17) is 5.11 Å². The molecule has 1 aliphatic heterocycles. The first-order valence-corrected chi connectivity index (χ1v) is 6.02. The minimum Gasteiger partial charge on any atom is -0.396 e. The third kappa shape index (κ3) is 2.20. The number of carbonyl (C=O) groups is 1. The Morgan fingerprint density at radius 3 is 3.00 bits per heavy atom. The monoisotopic (exact) mass is 237 g/mol. The van der Waals surface area contributed by atoms with Gasteiger partial charge in [-0.05, 0) is 25.7 Å². The molecule has 1 saturated heterocycles. The highest BCUT2D eigenvalue weighted by Gasteiger charge is 2.27. The van der Waals surface area contributed by atoms with Crippen LogP contribution in [0.3, 0.4) is 0 Å². The molecule has 1 aliphatic rings. The molecule has 1 aromatic heterocycles. The molecule has 0 spiro atoms. The summed E-state index contributed by atoms with van der Waals surface area (Å²) in [7, 11) is 1.87. The molecule has 0 radical (unpaired) electrons. The van der Waals surface area contributed by atoms with Crippen LogP contribution < -0.4 is 4.90 Å². The van der Waals surface area contributed by atoms with Crippen LogP contribution in [0.25, 0.3) is 0 Å². The molecule has 0 bridgehead atoms. The Morgan fingerprint density at radius 1 is 1.59 bits per heavy atom. The van der Waals surface area contributed by atoms with Crippen LogP contribution in [0.4, 0.5) is 5.82 Å². The molecule has 0 saturated carbocycles. The van der Waals surface area contributed by atoms with E-state index in [0.717, 1.165) is 43.7 Å². The maximum atomic E-state index is 11.1. The highest BCUT2D eigenvalue weighted by Crippen LogP contribution is 2.28. The molecule has 5 heteroatoms. The minimum atomic E-state index is 0.240. The largest absolute Gasteiger partial charge is 0.396 e. The molecule has 1 unspecified atom stereocenters. The Labute approximate surface area is 101 Å². The van der Waals surface area contributed by atoms with Gasteiger partial charge in [-0.1, -0.05) is 0 Å². The van der Waals surface area contributed by atoms with Gasteiger partial charge in [0.15, 0.2) is 6.29 Å². The van der Waals surface area contributed by atoms with Crippen LogP contribution >= 0.6 is 0 Å². The van der Waals surface area contributed by atoms with Gasteiger partial charge in [-0.2, -0.15) is 5.10 Å². The molecule has 1 fully saturated rings. The highest BCUT2D eigenvalue weighted by molar-refractivity contribution is 5.84. The van der Waals surface area contributed by atoms with Crippen molar-refractivity contribution in [3.63, 3.8) is 0 Å². The zero-order valence-corrected chi connectivity index (χ0v) is 10.4. The molecule has 2 heterocycles. The van der Waals surface area contributed by atoms with Gasteiger partial charge in [0.25, 0.3) is 0 Å². The predicted molar refractivity (Wildman–Crippen MR) is 65.4 cm³/mol. The summed E-state index contributed by atoms with van der Waals surface area (Å²) in [5, 5.41) is 13.2. The van der Waals surface area contributed by atoms with Gasteiger partial charge in [0.1, 0.15) is 5.82 Å². The van der Waals surface area contributed by atoms with E-state index in [1.165, 1.54) is 0 Å². The minimum absolute atomic E-state index is 0.240. The smallest absolute Gasteiger partial charge is 0.155 e. The summed E-state index contributed by atoms with van der Waals surface area (Å²) in [5.74, 6) is 1.44. The lowest BCUT2D eigenvalue weighted by molar-refractivity contribution is 0.112. The Hall–Kier alpha value is -1.36. The van der Waals surface area contributed by atoms with E-state index in [-0.39, 0.29) is 6.61 Å². The van der Waals surface area contributed by atoms with Crippen molar-refractivity contribution in [1.29, 1.82) is 0 Å². The summed E-state index contributed by atoms with van der Waals surface area (Å²) < 4.78 is 1.78. The second kappa shape index (κ2) is 4.87. The third-order valence-corrected chi connectivity index (χ3v) is 3.48. The predicted octanol–water partition coefficient (Wildman–Crippen LogP) is 0.750. The van der Waals surface area contributed by atoms with E-state index in [9.17, 15) is 4.79 Å². The molecule has 17 heavy (non-hydrogen) atoms. The fourth-order valence-corrected chi connectivity index (χ4v) is 2.62. The number of rotatable bonds is 4. The van der Waals surface area contributed by atoms with Crippen LogP contribution in [0.1, 0.15) is 28.9 Å². The van der Waals surface area contributed by atoms with E-state index in [1.54, 1.807) is 4.68 Å². The Balaban J connectivity index is 2.21. The van der Waals surface area contributed by atoms with Crippen LogP contribution in [-0.2, 0) is 7.05 Å². The number of aliphatic hydroxyl groups is 1. The number of nitrogens with zero attached hydrogens (tertiary/aromatic N) is 3. The lowest BCUT2D eigenvalue weighted by atomic mass is 10.1. The Kier molecular flexibility index (Phi) is 3.47. The fraction of sp³-hybridized carbons (Fsp3) is 0.667. The average molecular weight is 237 g/mol. The van der Waals surface area contributed by atoms with Crippen molar-refractivity contribution in [1.82, 2.24) is 9.78 Å². The van der Waals surface area contributed by atoms with Crippen molar-refractivity contribution in [2.24, 2.45) is 13.0 Å². The fourth-order valence-electron chi connectivity index (χ4n) is 2.62. The zero-order chi connectivity index (χ0) is 12.4. The number of aryl methyl sites for hydroxylation is 2. The summed E-state index contributed by atoms with van der Waals surface area (Å²) >= 11 is 0. The average Bonchev–Trinajstić information content (AvgIpc) is 2.83. The molecular weight excluding hydrogens is 218 g/mol. The summed E-state index contributed by atoms with van der Waals surface area (Å²) in [4.78, 5) is 13.3. The van der Waals surface area contributed by atoms with Gasteiger partial charge in [-0.25, -0.2) is 0 Å². The number of aliphatic hydroxyl groups excluding tert-OH is 1. The molecule has 1 atom stereocenters. The van der Waals surface area contributed by atoms with Gasteiger partial charge < -0.3 is 10.0 Å². The number of hydrogen-bond acceptors (Lipinski definition) is 4.